The zero-order valence-corrected chi connectivity index (χ0v) is 14.4. The van der Waals surface area contributed by atoms with E-state index in [1.54, 1.807) is 0 Å². The minimum Gasteiger partial charge on any atom is -0.339 e. The van der Waals surface area contributed by atoms with Crippen molar-refractivity contribution in [3.8, 4) is 0 Å². The van der Waals surface area contributed by atoms with E-state index in [4.69, 9.17) is 0 Å². The molecule has 0 aromatic heterocycles. The van der Waals surface area contributed by atoms with Gasteiger partial charge in [0.1, 0.15) is 0 Å². The monoisotopic (exact) mass is 309 g/mol. The molecule has 1 saturated heterocycles. The van der Waals surface area contributed by atoms with E-state index < -0.39 is 0 Å². The molecule has 2 rings (SSSR count). The van der Waals surface area contributed by atoms with Gasteiger partial charge in [0.15, 0.2) is 0 Å². The quantitative estimate of drug-likeness (QED) is 0.772. The Labute approximate surface area is 134 Å². The Bertz CT molecular complexity index is 383. The average Bonchev–Trinajstić information content (AvgIpc) is 3.05. The van der Waals surface area contributed by atoms with Crippen LogP contribution in [0.3, 0.4) is 0 Å². The summed E-state index contributed by atoms with van der Waals surface area (Å²) in [6, 6.07) is 0. The van der Waals surface area contributed by atoms with Crippen LogP contribution < -0.4 is 0 Å². The van der Waals surface area contributed by atoms with Crippen LogP contribution in [-0.4, -0.2) is 73.3 Å². The number of nitrogens with zero attached hydrogens (tertiary/aromatic N) is 3. The first-order valence-corrected chi connectivity index (χ1v) is 8.70. The lowest BCUT2D eigenvalue weighted by Crippen LogP contribution is -2.52. The minimum absolute atomic E-state index is 0.151. The number of hydrogen-bond donors (Lipinski definition) is 0. The van der Waals surface area contributed by atoms with Crippen LogP contribution in [0.15, 0.2) is 0 Å². The van der Waals surface area contributed by atoms with Crippen molar-refractivity contribution in [1.82, 2.24) is 14.7 Å². The molecular weight excluding hydrogens is 278 g/mol. The predicted molar refractivity (Wildman–Crippen MR) is 87.5 cm³/mol. The third kappa shape index (κ3) is 4.45. The van der Waals surface area contributed by atoms with Crippen LogP contribution in [0.25, 0.3) is 0 Å². The van der Waals surface area contributed by atoms with Crippen molar-refractivity contribution in [2.45, 2.75) is 39.0 Å². The normalized spacial score (nSPS) is 21.5. The van der Waals surface area contributed by atoms with Crippen LogP contribution in [0.4, 0.5) is 0 Å². The zero-order chi connectivity index (χ0) is 16.1. The SMILES string of the molecule is CC(C(=O)N1CCN(C(=O)CCN(C)C)CC1)C1CCCC1. The number of carbonyl (C=O) groups is 2. The Morgan fingerprint density at radius 1 is 1.05 bits per heavy atom. The fourth-order valence-electron chi connectivity index (χ4n) is 3.60. The van der Waals surface area contributed by atoms with E-state index >= 15 is 0 Å². The molecule has 1 atom stereocenters. The molecule has 1 saturated carbocycles. The van der Waals surface area contributed by atoms with Crippen LogP contribution in [0.5, 0.6) is 0 Å². The summed E-state index contributed by atoms with van der Waals surface area (Å²) >= 11 is 0. The summed E-state index contributed by atoms with van der Waals surface area (Å²) in [5.74, 6) is 1.24. The van der Waals surface area contributed by atoms with Gasteiger partial charge in [-0.3, -0.25) is 9.59 Å². The molecule has 2 amide bonds. The van der Waals surface area contributed by atoms with Gasteiger partial charge >= 0.3 is 0 Å². The van der Waals surface area contributed by atoms with E-state index in [1.807, 2.05) is 28.8 Å². The van der Waals surface area contributed by atoms with E-state index in [2.05, 4.69) is 6.92 Å². The van der Waals surface area contributed by atoms with Gasteiger partial charge in [-0.25, -0.2) is 0 Å². The van der Waals surface area contributed by atoms with Crippen LogP contribution in [0.1, 0.15) is 39.0 Å². The van der Waals surface area contributed by atoms with Gasteiger partial charge in [-0.15, -0.1) is 0 Å². The highest BCUT2D eigenvalue weighted by Crippen LogP contribution is 2.32. The van der Waals surface area contributed by atoms with Crippen molar-refractivity contribution in [1.29, 1.82) is 0 Å². The molecule has 1 heterocycles. The molecule has 5 heteroatoms. The van der Waals surface area contributed by atoms with Crippen molar-refractivity contribution in [2.24, 2.45) is 11.8 Å². The number of piperazine rings is 1. The molecule has 1 aliphatic carbocycles. The first-order chi connectivity index (χ1) is 10.5. The smallest absolute Gasteiger partial charge is 0.225 e. The van der Waals surface area contributed by atoms with Crippen molar-refractivity contribution in [3.63, 3.8) is 0 Å². The van der Waals surface area contributed by atoms with Crippen LogP contribution in [0.2, 0.25) is 0 Å². The largest absolute Gasteiger partial charge is 0.339 e. The molecule has 0 aromatic rings. The van der Waals surface area contributed by atoms with Gasteiger partial charge in [0.2, 0.25) is 11.8 Å². The maximum Gasteiger partial charge on any atom is 0.225 e. The lowest BCUT2D eigenvalue weighted by molar-refractivity contribution is -0.143. The fourth-order valence-corrected chi connectivity index (χ4v) is 3.60. The highest BCUT2D eigenvalue weighted by atomic mass is 16.2. The van der Waals surface area contributed by atoms with Crippen molar-refractivity contribution in [2.75, 3.05) is 46.8 Å². The third-order valence-electron chi connectivity index (χ3n) is 5.21. The third-order valence-corrected chi connectivity index (χ3v) is 5.21. The van der Waals surface area contributed by atoms with Crippen molar-refractivity contribution in [3.05, 3.63) is 0 Å². The molecule has 1 aliphatic heterocycles. The Morgan fingerprint density at radius 3 is 2.14 bits per heavy atom. The summed E-state index contributed by atoms with van der Waals surface area (Å²) in [6.07, 6.45) is 5.53. The van der Waals surface area contributed by atoms with Gasteiger partial charge < -0.3 is 14.7 Å². The molecule has 2 fully saturated rings. The standard InChI is InChI=1S/C17H31N3O2/c1-14(15-6-4-5-7-15)17(22)20-12-10-19(11-13-20)16(21)8-9-18(2)3/h14-15H,4-13H2,1-3H3. The number of hydrogen-bond acceptors (Lipinski definition) is 3. The van der Waals surface area contributed by atoms with E-state index in [1.165, 1.54) is 25.7 Å². The van der Waals surface area contributed by atoms with Crippen LogP contribution in [0, 0.1) is 11.8 Å². The molecule has 2 aliphatic rings. The zero-order valence-electron chi connectivity index (χ0n) is 14.4. The molecule has 0 bridgehead atoms. The van der Waals surface area contributed by atoms with Gasteiger partial charge in [-0.2, -0.15) is 0 Å². The molecule has 0 aromatic carbocycles. The number of carbonyl (C=O) groups excluding carboxylic acids is 2. The van der Waals surface area contributed by atoms with Crippen LogP contribution in [-0.2, 0) is 9.59 Å². The first kappa shape index (κ1) is 17.3. The summed E-state index contributed by atoms with van der Waals surface area (Å²) in [5, 5.41) is 0. The van der Waals surface area contributed by atoms with Gasteiger partial charge in [-0.05, 0) is 32.9 Å². The summed E-state index contributed by atoms with van der Waals surface area (Å²) in [4.78, 5) is 30.6. The van der Waals surface area contributed by atoms with Gasteiger partial charge in [0.25, 0.3) is 0 Å². The minimum atomic E-state index is 0.151. The molecule has 0 radical (unpaired) electrons. The lowest BCUT2D eigenvalue weighted by atomic mass is 9.91. The Balaban J connectivity index is 1.76. The van der Waals surface area contributed by atoms with E-state index in [0.29, 0.717) is 44.4 Å². The number of rotatable bonds is 5. The highest BCUT2D eigenvalue weighted by Gasteiger charge is 2.32. The van der Waals surface area contributed by atoms with E-state index in [0.717, 1.165) is 6.54 Å². The molecule has 126 valence electrons. The van der Waals surface area contributed by atoms with Gasteiger partial charge in [0.05, 0.1) is 0 Å². The van der Waals surface area contributed by atoms with Crippen molar-refractivity contribution >= 4 is 11.8 Å². The number of amides is 2. The van der Waals surface area contributed by atoms with Crippen LogP contribution >= 0.6 is 0 Å². The highest BCUT2D eigenvalue weighted by molar-refractivity contribution is 5.80. The van der Waals surface area contributed by atoms with Crippen molar-refractivity contribution < 1.29 is 9.59 Å². The Morgan fingerprint density at radius 2 is 1.59 bits per heavy atom. The lowest BCUT2D eigenvalue weighted by Gasteiger charge is -2.37. The second-order valence-electron chi connectivity index (χ2n) is 7.09. The molecule has 5 nitrogen and oxygen atoms in total. The fraction of sp³-hybridized carbons (Fsp3) is 0.882. The molecule has 0 spiro atoms. The second kappa shape index (κ2) is 7.95. The molecule has 1 unspecified atom stereocenters. The Kier molecular flexibility index (Phi) is 6.24. The summed E-state index contributed by atoms with van der Waals surface area (Å²) in [5.41, 5.74) is 0. The first-order valence-electron chi connectivity index (χ1n) is 8.70. The molecule has 22 heavy (non-hydrogen) atoms. The summed E-state index contributed by atoms with van der Waals surface area (Å²) < 4.78 is 0. The summed E-state index contributed by atoms with van der Waals surface area (Å²) in [6.45, 7) is 5.65. The van der Waals surface area contributed by atoms with E-state index in [9.17, 15) is 9.59 Å². The maximum atomic E-state index is 12.6. The van der Waals surface area contributed by atoms with Gasteiger partial charge in [0, 0.05) is 45.1 Å². The molecule has 0 N–H and O–H groups in total. The summed E-state index contributed by atoms with van der Waals surface area (Å²) in [7, 11) is 3.96. The predicted octanol–water partition coefficient (Wildman–Crippen LogP) is 1.44. The average molecular weight is 309 g/mol. The Hall–Kier alpha value is -1.10. The van der Waals surface area contributed by atoms with Gasteiger partial charge in [-0.1, -0.05) is 19.8 Å². The second-order valence-corrected chi connectivity index (χ2v) is 7.09. The maximum absolute atomic E-state index is 12.6. The molecular formula is C17H31N3O2. The van der Waals surface area contributed by atoms with E-state index in [-0.39, 0.29) is 11.8 Å². The topological polar surface area (TPSA) is 43.9 Å².